The Morgan fingerprint density at radius 2 is 1.77 bits per heavy atom. The third-order valence-corrected chi connectivity index (χ3v) is 4.77. The van der Waals surface area contributed by atoms with Crippen molar-refractivity contribution in [1.82, 2.24) is 14.4 Å². The third-order valence-electron chi connectivity index (χ3n) is 4.77. The summed E-state index contributed by atoms with van der Waals surface area (Å²) in [5, 5.41) is 0. The minimum absolute atomic E-state index is 0.00422. The summed E-state index contributed by atoms with van der Waals surface area (Å²) in [6, 6.07) is 3.33. The fourth-order valence-electron chi connectivity index (χ4n) is 3.05. The highest BCUT2D eigenvalue weighted by atomic mass is 16.2. The first kappa shape index (κ1) is 20.1. The SMILES string of the molecule is CCc1cccn(CCC(=O)N2CCN(C(=O)CC(N)CN)CC2)c1=O. The molecule has 0 spiro atoms. The Hall–Kier alpha value is -2.19. The van der Waals surface area contributed by atoms with Gasteiger partial charge in [0.2, 0.25) is 11.8 Å². The second-order valence-electron chi connectivity index (χ2n) is 6.60. The van der Waals surface area contributed by atoms with Crippen LogP contribution in [0.1, 0.15) is 25.3 Å². The van der Waals surface area contributed by atoms with Crippen molar-refractivity contribution in [2.24, 2.45) is 11.5 Å². The molecule has 2 amide bonds. The highest BCUT2D eigenvalue weighted by Crippen LogP contribution is 2.07. The summed E-state index contributed by atoms with van der Waals surface area (Å²) in [6.45, 7) is 4.62. The second-order valence-corrected chi connectivity index (χ2v) is 6.60. The Labute approximate surface area is 153 Å². The van der Waals surface area contributed by atoms with Crippen LogP contribution in [0.15, 0.2) is 23.1 Å². The molecule has 1 aliphatic rings. The van der Waals surface area contributed by atoms with Crippen molar-refractivity contribution in [3.8, 4) is 0 Å². The molecule has 1 fully saturated rings. The lowest BCUT2D eigenvalue weighted by Gasteiger charge is -2.35. The van der Waals surface area contributed by atoms with Crippen molar-refractivity contribution in [3.63, 3.8) is 0 Å². The Morgan fingerprint density at radius 3 is 2.35 bits per heavy atom. The normalized spacial score (nSPS) is 15.8. The van der Waals surface area contributed by atoms with E-state index in [4.69, 9.17) is 11.5 Å². The van der Waals surface area contributed by atoms with E-state index >= 15 is 0 Å². The van der Waals surface area contributed by atoms with Gasteiger partial charge >= 0.3 is 0 Å². The Kier molecular flexibility index (Phi) is 7.35. The van der Waals surface area contributed by atoms with E-state index in [9.17, 15) is 14.4 Å². The Bertz CT molecular complexity index is 680. The van der Waals surface area contributed by atoms with Gasteiger partial charge < -0.3 is 25.8 Å². The van der Waals surface area contributed by atoms with Crippen LogP contribution in [0.2, 0.25) is 0 Å². The van der Waals surface area contributed by atoms with E-state index in [1.54, 1.807) is 20.6 Å². The first-order valence-electron chi connectivity index (χ1n) is 9.15. The van der Waals surface area contributed by atoms with Gasteiger partial charge in [-0.15, -0.1) is 0 Å². The van der Waals surface area contributed by atoms with E-state index < -0.39 is 0 Å². The number of aromatic nitrogens is 1. The van der Waals surface area contributed by atoms with Crippen LogP contribution in [0.5, 0.6) is 0 Å². The molecule has 0 aliphatic carbocycles. The zero-order valence-electron chi connectivity index (χ0n) is 15.4. The average Bonchev–Trinajstić information content (AvgIpc) is 2.66. The standard InChI is InChI=1S/C18H29N5O3/c1-2-14-4-3-6-23(18(14)26)7-5-16(24)21-8-10-22(11-9-21)17(25)12-15(20)13-19/h3-4,6,15H,2,5,7-13,19-20H2,1H3. The maximum absolute atomic E-state index is 12.4. The van der Waals surface area contributed by atoms with E-state index in [1.165, 1.54) is 0 Å². The van der Waals surface area contributed by atoms with Crippen molar-refractivity contribution in [1.29, 1.82) is 0 Å². The molecule has 1 aromatic heterocycles. The quantitative estimate of drug-likeness (QED) is 0.655. The number of amides is 2. The molecule has 8 heteroatoms. The van der Waals surface area contributed by atoms with Crippen LogP contribution in [0.3, 0.4) is 0 Å². The van der Waals surface area contributed by atoms with Crippen LogP contribution in [0, 0.1) is 0 Å². The summed E-state index contributed by atoms with van der Waals surface area (Å²) < 4.78 is 1.59. The van der Waals surface area contributed by atoms with Crippen LogP contribution < -0.4 is 17.0 Å². The fraction of sp³-hybridized carbons (Fsp3) is 0.611. The maximum atomic E-state index is 12.4. The highest BCUT2D eigenvalue weighted by molar-refractivity contribution is 5.78. The van der Waals surface area contributed by atoms with E-state index in [0.717, 1.165) is 5.56 Å². The molecule has 4 N–H and O–H groups in total. The summed E-state index contributed by atoms with van der Waals surface area (Å²) in [7, 11) is 0. The molecule has 0 aromatic carbocycles. The maximum Gasteiger partial charge on any atom is 0.253 e. The van der Waals surface area contributed by atoms with Gasteiger partial charge in [-0.05, 0) is 12.5 Å². The van der Waals surface area contributed by atoms with E-state index in [2.05, 4.69) is 0 Å². The number of aryl methyl sites for hydroxylation is 2. The summed E-state index contributed by atoms with van der Waals surface area (Å²) in [5.41, 5.74) is 11.9. The van der Waals surface area contributed by atoms with Crippen LogP contribution in [-0.4, -0.2) is 64.9 Å². The number of nitrogens with zero attached hydrogens (tertiary/aromatic N) is 3. The summed E-state index contributed by atoms with van der Waals surface area (Å²) in [4.78, 5) is 40.2. The van der Waals surface area contributed by atoms with E-state index in [-0.39, 0.29) is 42.8 Å². The number of hydrogen-bond acceptors (Lipinski definition) is 5. The largest absolute Gasteiger partial charge is 0.339 e. The van der Waals surface area contributed by atoms with E-state index in [0.29, 0.717) is 39.1 Å². The summed E-state index contributed by atoms with van der Waals surface area (Å²) >= 11 is 0. The number of piperazine rings is 1. The van der Waals surface area contributed by atoms with Gasteiger partial charge in [0.15, 0.2) is 0 Å². The van der Waals surface area contributed by atoms with Crippen molar-refractivity contribution in [3.05, 3.63) is 34.2 Å². The minimum Gasteiger partial charge on any atom is -0.339 e. The molecule has 1 aromatic rings. The molecule has 0 saturated carbocycles. The second kappa shape index (κ2) is 9.49. The van der Waals surface area contributed by atoms with Gasteiger partial charge in [-0.25, -0.2) is 0 Å². The van der Waals surface area contributed by atoms with Crippen molar-refractivity contribution >= 4 is 11.8 Å². The molecule has 2 rings (SSSR count). The topological polar surface area (TPSA) is 115 Å². The highest BCUT2D eigenvalue weighted by Gasteiger charge is 2.24. The van der Waals surface area contributed by atoms with Crippen molar-refractivity contribution in [2.45, 2.75) is 38.8 Å². The first-order chi connectivity index (χ1) is 12.5. The molecular formula is C18H29N5O3. The van der Waals surface area contributed by atoms with Gasteiger partial charge in [0.05, 0.1) is 0 Å². The lowest BCUT2D eigenvalue weighted by atomic mass is 10.2. The zero-order chi connectivity index (χ0) is 19.1. The predicted octanol–water partition coefficient (Wildman–Crippen LogP) is -0.852. The van der Waals surface area contributed by atoms with E-state index in [1.807, 2.05) is 19.1 Å². The first-order valence-corrected chi connectivity index (χ1v) is 9.15. The summed E-state index contributed by atoms with van der Waals surface area (Å²) in [6.07, 6.45) is 2.91. The molecule has 1 unspecified atom stereocenters. The summed E-state index contributed by atoms with van der Waals surface area (Å²) in [5.74, 6) is -0.0115. The molecule has 2 heterocycles. The predicted molar refractivity (Wildman–Crippen MR) is 99.5 cm³/mol. The number of carbonyl (C=O) groups is 2. The number of pyridine rings is 1. The van der Waals surface area contributed by atoms with Crippen molar-refractivity contribution in [2.75, 3.05) is 32.7 Å². The number of hydrogen-bond donors (Lipinski definition) is 2. The van der Waals surface area contributed by atoms with Gasteiger partial charge in [-0.3, -0.25) is 14.4 Å². The third kappa shape index (κ3) is 5.15. The fourth-order valence-corrected chi connectivity index (χ4v) is 3.05. The molecule has 26 heavy (non-hydrogen) atoms. The molecule has 144 valence electrons. The lowest BCUT2D eigenvalue weighted by Crippen LogP contribution is -2.51. The van der Waals surface area contributed by atoms with Crippen molar-refractivity contribution < 1.29 is 9.59 Å². The van der Waals surface area contributed by atoms with Gasteiger partial charge in [0.25, 0.3) is 5.56 Å². The van der Waals surface area contributed by atoms with Gasteiger partial charge in [0.1, 0.15) is 0 Å². The Morgan fingerprint density at radius 1 is 1.15 bits per heavy atom. The average molecular weight is 363 g/mol. The Balaban J connectivity index is 1.82. The van der Waals surface area contributed by atoms with Gasteiger partial charge in [0, 0.05) is 69.9 Å². The monoisotopic (exact) mass is 363 g/mol. The van der Waals surface area contributed by atoms with Crippen LogP contribution in [-0.2, 0) is 22.6 Å². The molecule has 0 radical (unpaired) electrons. The lowest BCUT2D eigenvalue weighted by molar-refractivity contribution is -0.139. The minimum atomic E-state index is -0.320. The van der Waals surface area contributed by atoms with Crippen LogP contribution in [0.4, 0.5) is 0 Å². The molecule has 1 saturated heterocycles. The van der Waals surface area contributed by atoms with Gasteiger partial charge in [-0.1, -0.05) is 13.0 Å². The number of rotatable bonds is 7. The smallest absolute Gasteiger partial charge is 0.253 e. The number of nitrogens with two attached hydrogens (primary N) is 2. The molecule has 1 aliphatic heterocycles. The molecule has 1 atom stereocenters. The molecule has 8 nitrogen and oxygen atoms in total. The molecular weight excluding hydrogens is 334 g/mol. The zero-order valence-corrected chi connectivity index (χ0v) is 15.4. The van der Waals surface area contributed by atoms with Crippen LogP contribution >= 0.6 is 0 Å². The van der Waals surface area contributed by atoms with Crippen LogP contribution in [0.25, 0.3) is 0 Å². The number of carbonyl (C=O) groups excluding carboxylic acids is 2. The molecule has 0 bridgehead atoms. The van der Waals surface area contributed by atoms with Gasteiger partial charge in [-0.2, -0.15) is 0 Å².